The van der Waals surface area contributed by atoms with E-state index in [4.69, 9.17) is 20.9 Å². The Bertz CT molecular complexity index is 666. The molecule has 2 heterocycles. The van der Waals surface area contributed by atoms with Gasteiger partial charge in [-0.25, -0.2) is 9.78 Å². The van der Waals surface area contributed by atoms with E-state index >= 15 is 0 Å². The van der Waals surface area contributed by atoms with E-state index in [0.29, 0.717) is 16.5 Å². The first kappa shape index (κ1) is 16.2. The van der Waals surface area contributed by atoms with Gasteiger partial charge in [-0.1, -0.05) is 16.8 Å². The zero-order chi connectivity index (χ0) is 16.3. The summed E-state index contributed by atoms with van der Waals surface area (Å²) in [5, 5.41) is 6.84. The first-order chi connectivity index (χ1) is 10.2. The minimum atomic E-state index is -0.572. The average Bonchev–Trinajstić information content (AvgIpc) is 2.85. The molecule has 0 unspecified atom stereocenters. The molecule has 0 saturated carbocycles. The van der Waals surface area contributed by atoms with E-state index in [9.17, 15) is 4.79 Å². The number of nitrogens with zero attached hydrogens (tertiary/aromatic N) is 3. The number of rotatable bonds is 3. The van der Waals surface area contributed by atoms with Crippen LogP contribution in [0.15, 0.2) is 22.9 Å². The fourth-order valence-electron chi connectivity index (χ4n) is 1.62. The largest absolute Gasteiger partial charge is 0.444 e. The summed E-state index contributed by atoms with van der Waals surface area (Å²) in [6, 6.07) is 2.86. The maximum Gasteiger partial charge on any atom is 0.408 e. The Kier molecular flexibility index (Phi) is 4.65. The number of amides is 1. The smallest absolute Gasteiger partial charge is 0.408 e. The van der Waals surface area contributed by atoms with Crippen molar-refractivity contribution in [1.82, 2.24) is 20.4 Å². The second-order valence-corrected chi connectivity index (χ2v) is 6.08. The molecular weight excluding hydrogens is 308 g/mol. The highest BCUT2D eigenvalue weighted by Crippen LogP contribution is 2.20. The van der Waals surface area contributed by atoms with Gasteiger partial charge in [0.1, 0.15) is 16.8 Å². The molecule has 1 N–H and O–H groups in total. The monoisotopic (exact) mass is 324 g/mol. The predicted molar refractivity (Wildman–Crippen MR) is 80.3 cm³/mol. The minimum absolute atomic E-state index is 0.272. The van der Waals surface area contributed by atoms with Gasteiger partial charge in [-0.3, -0.25) is 0 Å². The Balaban J connectivity index is 2.06. The van der Waals surface area contributed by atoms with Crippen molar-refractivity contribution in [2.24, 2.45) is 0 Å². The van der Waals surface area contributed by atoms with Crippen LogP contribution in [0.3, 0.4) is 0 Å². The summed E-state index contributed by atoms with van der Waals surface area (Å²) in [5.41, 5.74) is 0.108. The zero-order valence-electron chi connectivity index (χ0n) is 12.8. The number of carbonyl (C=O) groups is 1. The lowest BCUT2D eigenvalue weighted by Gasteiger charge is -2.20. The molecule has 2 aromatic heterocycles. The van der Waals surface area contributed by atoms with Gasteiger partial charge in [0.15, 0.2) is 0 Å². The van der Waals surface area contributed by atoms with E-state index in [2.05, 4.69) is 20.4 Å². The van der Waals surface area contributed by atoms with Gasteiger partial charge >= 0.3 is 6.09 Å². The lowest BCUT2D eigenvalue weighted by Crippen LogP contribution is -2.34. The quantitative estimate of drug-likeness (QED) is 0.870. The molecule has 2 rings (SSSR count). The first-order valence-electron chi connectivity index (χ1n) is 6.69. The van der Waals surface area contributed by atoms with Crippen LogP contribution < -0.4 is 5.32 Å². The first-order valence-corrected chi connectivity index (χ1v) is 7.07. The van der Waals surface area contributed by atoms with Gasteiger partial charge in [0.25, 0.3) is 0 Å². The molecule has 0 aliphatic rings. The lowest BCUT2D eigenvalue weighted by atomic mass is 10.2. The fraction of sp³-hybridized carbons (Fsp3) is 0.429. The highest BCUT2D eigenvalue weighted by Gasteiger charge is 2.21. The number of halogens is 1. The third-order valence-corrected chi connectivity index (χ3v) is 2.74. The molecule has 118 valence electrons. The van der Waals surface area contributed by atoms with Crippen molar-refractivity contribution in [1.29, 1.82) is 0 Å². The number of aromatic nitrogens is 3. The van der Waals surface area contributed by atoms with Gasteiger partial charge < -0.3 is 14.6 Å². The van der Waals surface area contributed by atoms with E-state index in [1.54, 1.807) is 46.0 Å². The average molecular weight is 325 g/mol. The minimum Gasteiger partial charge on any atom is -0.444 e. The summed E-state index contributed by atoms with van der Waals surface area (Å²) in [6.07, 6.45) is 1.00. The van der Waals surface area contributed by atoms with Crippen molar-refractivity contribution in [2.75, 3.05) is 0 Å². The number of alkyl carbamates (subject to hydrolysis) is 1. The standard InChI is InChI=1S/C14H17ClN4O3/c1-8(17-13(20)21-14(2,3)4)12-18-11(19-22-12)9-5-6-16-10(15)7-9/h5-8H,1-4H3,(H,17,20)/t8-/m0/s1. The number of pyridine rings is 1. The second-order valence-electron chi connectivity index (χ2n) is 5.69. The van der Waals surface area contributed by atoms with E-state index < -0.39 is 17.7 Å². The molecule has 0 aromatic carbocycles. The van der Waals surface area contributed by atoms with Crippen molar-refractivity contribution < 1.29 is 14.1 Å². The summed E-state index contributed by atoms with van der Waals surface area (Å²) in [7, 11) is 0. The van der Waals surface area contributed by atoms with Crippen molar-refractivity contribution in [3.05, 3.63) is 29.4 Å². The van der Waals surface area contributed by atoms with E-state index in [-0.39, 0.29) is 5.89 Å². The van der Waals surface area contributed by atoms with Gasteiger partial charge in [0.05, 0.1) is 0 Å². The highest BCUT2D eigenvalue weighted by molar-refractivity contribution is 6.29. The Morgan fingerprint density at radius 3 is 2.82 bits per heavy atom. The molecule has 8 heteroatoms. The maximum absolute atomic E-state index is 11.7. The number of hydrogen-bond acceptors (Lipinski definition) is 6. The Hall–Kier alpha value is -2.15. The molecule has 0 saturated heterocycles. The molecule has 7 nitrogen and oxygen atoms in total. The molecule has 0 radical (unpaired) electrons. The van der Waals surface area contributed by atoms with Crippen LogP contribution in [0.2, 0.25) is 5.15 Å². The van der Waals surface area contributed by atoms with E-state index in [0.717, 1.165) is 0 Å². The van der Waals surface area contributed by atoms with Gasteiger partial charge in [-0.05, 0) is 39.8 Å². The molecule has 1 amide bonds. The molecule has 0 spiro atoms. The van der Waals surface area contributed by atoms with Crippen LogP contribution in [0.1, 0.15) is 39.6 Å². The normalized spacial score (nSPS) is 12.8. The van der Waals surface area contributed by atoms with E-state index in [1.165, 1.54) is 0 Å². The summed E-state index contributed by atoms with van der Waals surface area (Å²) >= 11 is 5.82. The van der Waals surface area contributed by atoms with Crippen LogP contribution in [0.25, 0.3) is 11.4 Å². The van der Waals surface area contributed by atoms with Crippen LogP contribution in [0, 0.1) is 0 Å². The van der Waals surface area contributed by atoms with Crippen LogP contribution in [0.5, 0.6) is 0 Å². The summed E-state index contributed by atoms with van der Waals surface area (Å²) in [6.45, 7) is 7.08. The molecule has 2 aromatic rings. The predicted octanol–water partition coefficient (Wildman–Crippen LogP) is 3.37. The third kappa shape index (κ3) is 4.42. The summed E-state index contributed by atoms with van der Waals surface area (Å²) in [5.74, 6) is 0.644. The van der Waals surface area contributed by atoms with Crippen molar-refractivity contribution in [2.45, 2.75) is 39.3 Å². The molecular formula is C14H17ClN4O3. The van der Waals surface area contributed by atoms with E-state index in [1.807, 2.05) is 0 Å². The highest BCUT2D eigenvalue weighted by atomic mass is 35.5. The number of ether oxygens (including phenoxy) is 1. The molecule has 0 bridgehead atoms. The van der Waals surface area contributed by atoms with Gasteiger partial charge in [-0.2, -0.15) is 4.98 Å². The molecule has 1 atom stereocenters. The number of nitrogens with one attached hydrogen (secondary N) is 1. The second kappa shape index (κ2) is 6.31. The van der Waals surface area contributed by atoms with Crippen LogP contribution in [-0.2, 0) is 4.74 Å². The van der Waals surface area contributed by atoms with Crippen molar-refractivity contribution in [3.8, 4) is 11.4 Å². The van der Waals surface area contributed by atoms with Crippen molar-refractivity contribution in [3.63, 3.8) is 0 Å². The third-order valence-electron chi connectivity index (χ3n) is 2.53. The van der Waals surface area contributed by atoms with Crippen LogP contribution in [0.4, 0.5) is 4.79 Å². The number of hydrogen-bond donors (Lipinski definition) is 1. The zero-order valence-corrected chi connectivity index (χ0v) is 13.5. The van der Waals surface area contributed by atoms with Gasteiger partial charge in [0, 0.05) is 11.8 Å². The lowest BCUT2D eigenvalue weighted by molar-refractivity contribution is 0.0499. The van der Waals surface area contributed by atoms with Crippen molar-refractivity contribution >= 4 is 17.7 Å². The summed E-state index contributed by atoms with van der Waals surface area (Å²) in [4.78, 5) is 19.8. The topological polar surface area (TPSA) is 90.1 Å². The Morgan fingerprint density at radius 1 is 1.45 bits per heavy atom. The Labute approximate surface area is 133 Å². The fourth-order valence-corrected chi connectivity index (χ4v) is 1.79. The molecule has 0 aliphatic heterocycles. The maximum atomic E-state index is 11.7. The van der Waals surface area contributed by atoms with Gasteiger partial charge in [0.2, 0.25) is 11.7 Å². The molecule has 0 aliphatic carbocycles. The molecule has 22 heavy (non-hydrogen) atoms. The Morgan fingerprint density at radius 2 is 2.18 bits per heavy atom. The summed E-state index contributed by atoms with van der Waals surface area (Å²) < 4.78 is 10.3. The van der Waals surface area contributed by atoms with Gasteiger partial charge in [-0.15, -0.1) is 0 Å². The SMILES string of the molecule is C[C@H](NC(=O)OC(C)(C)C)c1nc(-c2ccnc(Cl)c2)no1. The van der Waals surface area contributed by atoms with Crippen LogP contribution >= 0.6 is 11.6 Å². The molecule has 0 fully saturated rings. The number of carbonyl (C=O) groups excluding carboxylic acids is 1. The van der Waals surface area contributed by atoms with Crippen LogP contribution in [-0.4, -0.2) is 26.8 Å².